The first kappa shape index (κ1) is 89.2. The van der Waals surface area contributed by atoms with Crippen molar-refractivity contribution >= 4 is 185 Å². The molecular formula is C144H88N6. The smallest absolute Gasteiger partial charge is 0.0619 e. The molecule has 0 amide bonds. The third kappa shape index (κ3) is 15.7. The summed E-state index contributed by atoms with van der Waals surface area (Å²) in [4.78, 5) is 0. The molecule has 0 spiro atoms. The van der Waals surface area contributed by atoms with Gasteiger partial charge in [-0.1, -0.05) is 376 Å². The van der Waals surface area contributed by atoms with Gasteiger partial charge < -0.3 is 27.4 Å². The van der Waals surface area contributed by atoms with Crippen molar-refractivity contribution < 1.29 is 0 Å². The molecule has 0 unspecified atom stereocenters. The Hall–Kier alpha value is -20.9. The Bertz CT molecular complexity index is 11000. The molecule has 6 heteroatoms. The van der Waals surface area contributed by atoms with E-state index in [0.29, 0.717) is 0 Å². The largest absolute Gasteiger partial charge is 0.309 e. The summed E-state index contributed by atoms with van der Waals surface area (Å²) in [5.41, 5.74) is 29.1. The number of hydrogen-bond donors (Lipinski definition) is 0. The number of hydrogen-bond acceptors (Lipinski definition) is 0. The molecule has 694 valence electrons. The van der Waals surface area contributed by atoms with Crippen LogP contribution in [-0.4, -0.2) is 27.4 Å². The maximum Gasteiger partial charge on any atom is 0.0619 e. The highest BCUT2D eigenvalue weighted by molar-refractivity contribution is 6.22. The fourth-order valence-corrected chi connectivity index (χ4v) is 22.7. The molecule has 0 bridgehead atoms. The minimum atomic E-state index is 1.17. The molecule has 29 rings (SSSR count). The summed E-state index contributed by atoms with van der Waals surface area (Å²) in [6, 6.07) is 181. The van der Waals surface area contributed by atoms with Crippen LogP contribution in [0.1, 0.15) is 13.8 Å². The maximum atomic E-state index is 2.63. The van der Waals surface area contributed by atoms with Gasteiger partial charge in [0.15, 0.2) is 0 Å². The number of para-hydroxylation sites is 12. The first-order valence-corrected chi connectivity index (χ1v) is 50.4. The van der Waals surface area contributed by atoms with E-state index in [0.717, 1.165) is 0 Å². The van der Waals surface area contributed by atoms with Crippen LogP contribution in [0.25, 0.3) is 252 Å². The van der Waals surface area contributed by atoms with Gasteiger partial charge in [0.2, 0.25) is 0 Å². The van der Waals surface area contributed by atoms with E-state index in [9.17, 15) is 0 Å². The number of benzene rings is 23. The van der Waals surface area contributed by atoms with Crippen LogP contribution in [0.15, 0.2) is 497 Å². The van der Waals surface area contributed by atoms with Crippen molar-refractivity contribution in [3.05, 3.63) is 497 Å². The zero-order valence-corrected chi connectivity index (χ0v) is 82.0. The molecule has 0 fully saturated rings. The Morgan fingerprint density at radius 2 is 0.413 bits per heavy atom. The van der Waals surface area contributed by atoms with E-state index in [4.69, 9.17) is 0 Å². The van der Waals surface area contributed by atoms with Crippen molar-refractivity contribution in [2.75, 3.05) is 0 Å². The lowest BCUT2D eigenvalue weighted by Gasteiger charge is -2.16. The molecule has 0 atom stereocenters. The van der Waals surface area contributed by atoms with Gasteiger partial charge in [-0.3, -0.25) is 0 Å². The highest BCUT2D eigenvalue weighted by Crippen LogP contribution is 2.49. The highest BCUT2D eigenvalue weighted by Gasteiger charge is 2.26. The summed E-state index contributed by atoms with van der Waals surface area (Å²) in [6.45, 7) is 3.42. The van der Waals surface area contributed by atoms with E-state index >= 15 is 0 Å². The third-order valence-corrected chi connectivity index (χ3v) is 29.0. The van der Waals surface area contributed by atoms with Gasteiger partial charge in [0.1, 0.15) is 0 Å². The van der Waals surface area contributed by atoms with E-state index in [-0.39, 0.29) is 0 Å². The van der Waals surface area contributed by atoms with Gasteiger partial charge in [0.05, 0.1) is 77.6 Å². The lowest BCUT2D eigenvalue weighted by Crippen LogP contribution is -1.97. The molecule has 0 saturated heterocycles. The molecule has 0 aliphatic heterocycles. The zero-order valence-electron chi connectivity index (χ0n) is 82.0. The molecule has 29 aromatic rings. The van der Waals surface area contributed by atoms with Crippen molar-refractivity contribution in [2.45, 2.75) is 13.8 Å². The fraction of sp³-hybridized carbons (Fsp3) is 0.0139. The van der Waals surface area contributed by atoms with Crippen molar-refractivity contribution in [1.29, 1.82) is 0 Å². The summed E-state index contributed by atoms with van der Waals surface area (Å²) in [6.07, 6.45) is 0. The standard InChI is InChI=1S/2C44H28N2.C40H26N2.C16H6/c1-2-15-32(16-3-1)45-40-23-10-8-19-36(40)38-22-12-21-35(44(38)45)31-25-26-42-39(28-31)37-20-9-11-24-41(37)46(42)43-33-17-6-4-13-29(33)27-30-14-5-7-18-34(30)43;1-2-14-31(15-3-1)45-40-23-10-8-19-36(40)38-22-12-21-33(44(38)45)30-25-26-42-39(27-30)37-20-9-11-24-41(37)46(42)43-28-29-13-4-5-16-32(29)34-17-6-7-18-35(34)43;1-2-13-30(14-3-1)42-38-20-9-6-15-33(38)35-18-10-17-32(40(35)42)29-22-24-39-36(26-29)34-16-7-8-19-37(34)41(39)31-23-21-27-11-4-5-12-28(27)25-31;1-3-5-7-9-11-13-15-16-14-12-10-8-6-4-2/h2*1-28H;1-26H;1-2H3. The molecular weight excluding hydrogens is 1810 g/mol. The lowest BCUT2D eigenvalue weighted by atomic mass is 9.99. The third-order valence-electron chi connectivity index (χ3n) is 29.0. The van der Waals surface area contributed by atoms with Crippen LogP contribution in [-0.2, 0) is 0 Å². The normalized spacial score (nSPS) is 11.0. The van der Waals surface area contributed by atoms with Crippen LogP contribution >= 0.6 is 0 Å². The van der Waals surface area contributed by atoms with Crippen LogP contribution in [0, 0.1) is 82.9 Å². The second kappa shape index (κ2) is 38.7. The summed E-state index contributed by atoms with van der Waals surface area (Å²) < 4.78 is 14.6. The Morgan fingerprint density at radius 1 is 0.140 bits per heavy atom. The Morgan fingerprint density at radius 3 is 0.807 bits per heavy atom. The average molecular weight is 1900 g/mol. The monoisotopic (exact) mass is 1900 g/mol. The van der Waals surface area contributed by atoms with Crippen LogP contribution in [0.3, 0.4) is 0 Å². The van der Waals surface area contributed by atoms with E-state index in [1.165, 1.54) is 252 Å². The van der Waals surface area contributed by atoms with Gasteiger partial charge in [-0.2, -0.15) is 0 Å². The van der Waals surface area contributed by atoms with Crippen molar-refractivity contribution in [3.63, 3.8) is 0 Å². The zero-order chi connectivity index (χ0) is 99.9. The van der Waals surface area contributed by atoms with Crippen molar-refractivity contribution in [3.8, 4) is 150 Å². The molecule has 0 saturated carbocycles. The van der Waals surface area contributed by atoms with E-state index < -0.39 is 0 Å². The molecule has 6 aromatic heterocycles. The second-order valence-electron chi connectivity index (χ2n) is 37.3. The number of rotatable bonds is 9. The Kier molecular flexibility index (Phi) is 23.0. The van der Waals surface area contributed by atoms with Crippen molar-refractivity contribution in [2.24, 2.45) is 0 Å². The number of nitrogens with zero attached hydrogens (tertiary/aromatic N) is 6. The van der Waals surface area contributed by atoms with Crippen LogP contribution in [0.4, 0.5) is 0 Å². The van der Waals surface area contributed by atoms with Crippen LogP contribution in [0.5, 0.6) is 0 Å². The fourth-order valence-electron chi connectivity index (χ4n) is 22.7. The summed E-state index contributed by atoms with van der Waals surface area (Å²) in [5, 5.41) is 27.7. The minimum absolute atomic E-state index is 1.17. The lowest BCUT2D eigenvalue weighted by molar-refractivity contribution is 1.18. The van der Waals surface area contributed by atoms with Gasteiger partial charge in [-0.15, -0.1) is 0 Å². The number of fused-ring (bicyclic) bond motifs is 24. The van der Waals surface area contributed by atoms with E-state index in [1.807, 2.05) is 0 Å². The van der Waals surface area contributed by atoms with Gasteiger partial charge in [-0.25, -0.2) is 0 Å². The molecule has 0 aliphatic rings. The molecule has 0 radical (unpaired) electrons. The molecule has 6 heterocycles. The molecule has 0 aliphatic carbocycles. The van der Waals surface area contributed by atoms with Crippen LogP contribution < -0.4 is 0 Å². The molecule has 150 heavy (non-hydrogen) atoms. The quantitative estimate of drug-likeness (QED) is 0.0783. The minimum Gasteiger partial charge on any atom is -0.309 e. The molecule has 23 aromatic carbocycles. The Balaban J connectivity index is 0.000000106. The van der Waals surface area contributed by atoms with Crippen LogP contribution in [0.2, 0.25) is 0 Å². The topological polar surface area (TPSA) is 29.6 Å². The first-order chi connectivity index (χ1) is 74.5. The van der Waals surface area contributed by atoms with Crippen molar-refractivity contribution in [1.82, 2.24) is 27.4 Å². The summed E-state index contributed by atoms with van der Waals surface area (Å²) >= 11 is 0. The second-order valence-corrected chi connectivity index (χ2v) is 37.3. The SMILES string of the molecule is CC#CC#CC#CC#CC#CC#CC#CC.c1ccc(-n2c3ccccc3c3cccc(-c4ccc5c(c4)c4ccccc4n5-c4c5ccccc5cc5ccccc45)c32)cc1.c1ccc(-n2c3ccccc3c3cccc(-c4ccc5c(c4)c4ccccc4n5-c4cc5ccccc5c5ccccc45)c32)cc1.c1ccc(-n2c3ccccc3c3cccc(-c4ccc5c(c4)c4ccccc4n5-c4ccc5ccccc5c4)c32)cc1. The number of aromatic nitrogens is 6. The maximum absolute atomic E-state index is 2.63. The highest BCUT2D eigenvalue weighted by atomic mass is 15.0. The first-order valence-electron chi connectivity index (χ1n) is 50.4. The van der Waals surface area contributed by atoms with Gasteiger partial charge >= 0.3 is 0 Å². The van der Waals surface area contributed by atoms with E-state index in [1.54, 1.807) is 13.8 Å². The molecule has 0 N–H and O–H groups in total. The van der Waals surface area contributed by atoms with Gasteiger partial charge in [0.25, 0.3) is 0 Å². The Labute approximate surface area is 867 Å². The summed E-state index contributed by atoms with van der Waals surface area (Å²) in [5.74, 6) is 35.6. The molecule has 6 nitrogen and oxygen atoms in total. The van der Waals surface area contributed by atoms with Gasteiger partial charge in [-0.05, 0) is 273 Å². The predicted molar refractivity (Wildman–Crippen MR) is 635 cm³/mol. The average Bonchev–Trinajstić information content (AvgIpc) is 1.54. The predicted octanol–water partition coefficient (Wildman–Crippen LogP) is 35.5. The summed E-state index contributed by atoms with van der Waals surface area (Å²) in [7, 11) is 0. The van der Waals surface area contributed by atoms with E-state index in [2.05, 4.69) is 608 Å². The van der Waals surface area contributed by atoms with Gasteiger partial charge in [0, 0.05) is 120 Å².